The van der Waals surface area contributed by atoms with Crippen LogP contribution < -0.4 is 4.74 Å². The first kappa shape index (κ1) is 21.6. The second-order valence-corrected chi connectivity index (χ2v) is 7.94. The highest BCUT2D eigenvalue weighted by Gasteiger charge is 2.53. The highest BCUT2D eigenvalue weighted by Crippen LogP contribution is 2.42. The molecule has 0 bridgehead atoms. The Labute approximate surface area is 174 Å². The van der Waals surface area contributed by atoms with Crippen molar-refractivity contribution in [3.05, 3.63) is 28.8 Å². The summed E-state index contributed by atoms with van der Waals surface area (Å²) in [5.41, 5.74) is -0.312. The first-order valence-electron chi connectivity index (χ1n) is 9.86. The fourth-order valence-corrected chi connectivity index (χ4v) is 3.40. The standard InChI is InChI=1S/C20H26ClFN2O5/c1-2-3-17(22)28-19(27)24-10-8-23(9-11-24)13-14-4-5-15(21)12-16(14)29-20(6-7-20)18(25)26/h4-5,12,17H,2-3,6-11,13H2,1H3,(H,25,26). The van der Waals surface area contributed by atoms with Gasteiger partial charge in [-0.15, -0.1) is 0 Å². The minimum absolute atomic E-state index is 0.197. The second-order valence-electron chi connectivity index (χ2n) is 7.50. The molecule has 1 saturated heterocycles. The topological polar surface area (TPSA) is 79.3 Å². The minimum Gasteiger partial charge on any atom is -0.478 e. The Kier molecular flexibility index (Phi) is 6.85. The Morgan fingerprint density at radius 3 is 2.55 bits per heavy atom. The fourth-order valence-electron chi connectivity index (χ4n) is 3.24. The quantitative estimate of drug-likeness (QED) is 0.680. The molecule has 1 aromatic carbocycles. The minimum atomic E-state index is -1.57. The summed E-state index contributed by atoms with van der Waals surface area (Å²) in [7, 11) is 0. The van der Waals surface area contributed by atoms with E-state index >= 15 is 0 Å². The number of carbonyl (C=O) groups excluding carboxylic acids is 1. The lowest BCUT2D eigenvalue weighted by Gasteiger charge is -2.34. The Balaban J connectivity index is 1.57. The molecule has 0 aromatic heterocycles. The maximum Gasteiger partial charge on any atom is 0.412 e. The third kappa shape index (κ3) is 5.51. The van der Waals surface area contributed by atoms with Crippen LogP contribution in [0.4, 0.5) is 9.18 Å². The smallest absolute Gasteiger partial charge is 0.412 e. The van der Waals surface area contributed by atoms with Crippen LogP contribution >= 0.6 is 11.6 Å². The van der Waals surface area contributed by atoms with Gasteiger partial charge in [-0.25, -0.2) is 14.0 Å². The molecule has 2 aliphatic rings. The van der Waals surface area contributed by atoms with Crippen molar-refractivity contribution < 1.29 is 28.6 Å². The number of ether oxygens (including phenoxy) is 2. The van der Waals surface area contributed by atoms with Crippen molar-refractivity contribution >= 4 is 23.7 Å². The molecule has 1 saturated carbocycles. The zero-order valence-corrected chi connectivity index (χ0v) is 17.2. The number of benzene rings is 1. The lowest BCUT2D eigenvalue weighted by molar-refractivity contribution is -0.147. The molecule has 7 nitrogen and oxygen atoms in total. The molecule has 160 valence electrons. The van der Waals surface area contributed by atoms with Crippen LogP contribution in [0.15, 0.2) is 18.2 Å². The molecule has 1 heterocycles. The molecule has 0 spiro atoms. The van der Waals surface area contributed by atoms with Crippen molar-refractivity contribution in [2.45, 2.75) is 51.1 Å². The summed E-state index contributed by atoms with van der Waals surface area (Å²) < 4.78 is 24.1. The van der Waals surface area contributed by atoms with Gasteiger partial charge in [0.05, 0.1) is 0 Å². The first-order chi connectivity index (χ1) is 13.8. The number of carbonyl (C=O) groups is 2. The normalized spacial score (nSPS) is 19.5. The monoisotopic (exact) mass is 428 g/mol. The van der Waals surface area contributed by atoms with E-state index in [-0.39, 0.29) is 6.42 Å². The van der Waals surface area contributed by atoms with E-state index in [2.05, 4.69) is 4.90 Å². The van der Waals surface area contributed by atoms with Crippen LogP contribution in [-0.2, 0) is 16.1 Å². The second kappa shape index (κ2) is 9.17. The van der Waals surface area contributed by atoms with E-state index in [9.17, 15) is 19.1 Å². The highest BCUT2D eigenvalue weighted by molar-refractivity contribution is 6.30. The van der Waals surface area contributed by atoms with E-state index in [1.54, 1.807) is 12.1 Å². The molecular formula is C20H26ClFN2O5. The van der Waals surface area contributed by atoms with Crippen LogP contribution in [0, 0.1) is 0 Å². The fraction of sp³-hybridized carbons (Fsp3) is 0.600. The van der Waals surface area contributed by atoms with Crippen molar-refractivity contribution in [1.29, 1.82) is 0 Å². The van der Waals surface area contributed by atoms with Gasteiger partial charge in [0.15, 0.2) is 0 Å². The van der Waals surface area contributed by atoms with Crippen molar-refractivity contribution in [3.8, 4) is 5.75 Å². The van der Waals surface area contributed by atoms with Gasteiger partial charge in [-0.1, -0.05) is 24.6 Å². The van der Waals surface area contributed by atoms with Crippen LogP contribution in [0.5, 0.6) is 5.75 Å². The molecule has 0 radical (unpaired) electrons. The number of alkyl halides is 1. The molecule has 3 rings (SSSR count). The maximum atomic E-state index is 13.5. The molecule has 1 amide bonds. The summed E-state index contributed by atoms with van der Waals surface area (Å²) in [4.78, 5) is 27.1. The number of halogens is 2. The van der Waals surface area contributed by atoms with E-state index < -0.39 is 24.0 Å². The van der Waals surface area contributed by atoms with E-state index in [1.165, 1.54) is 4.90 Å². The van der Waals surface area contributed by atoms with Crippen LogP contribution in [0.3, 0.4) is 0 Å². The summed E-state index contributed by atoms with van der Waals surface area (Å²) in [6.45, 7) is 4.40. The summed E-state index contributed by atoms with van der Waals surface area (Å²) >= 11 is 6.08. The summed E-state index contributed by atoms with van der Waals surface area (Å²) in [5, 5.41) is 9.86. The van der Waals surface area contributed by atoms with Gasteiger partial charge >= 0.3 is 12.1 Å². The number of piperazine rings is 1. The molecule has 9 heteroatoms. The Bertz CT molecular complexity index is 750. The number of nitrogens with zero attached hydrogens (tertiary/aromatic N) is 2. The van der Waals surface area contributed by atoms with E-state index in [4.69, 9.17) is 21.1 Å². The lowest BCUT2D eigenvalue weighted by atomic mass is 10.1. The maximum absolute atomic E-state index is 13.5. The molecule has 1 unspecified atom stereocenters. The molecule has 29 heavy (non-hydrogen) atoms. The van der Waals surface area contributed by atoms with Crippen molar-refractivity contribution in [1.82, 2.24) is 9.80 Å². The van der Waals surface area contributed by atoms with E-state index in [0.29, 0.717) is 62.8 Å². The number of amides is 1. The van der Waals surface area contributed by atoms with Gasteiger partial charge in [0.25, 0.3) is 0 Å². The van der Waals surface area contributed by atoms with Gasteiger partial charge in [-0.05, 0) is 18.6 Å². The Hall–Kier alpha value is -2.06. The summed E-state index contributed by atoms with van der Waals surface area (Å²) in [6.07, 6.45) is -0.438. The lowest BCUT2D eigenvalue weighted by Crippen LogP contribution is -2.48. The number of carboxylic acids is 1. The van der Waals surface area contributed by atoms with Gasteiger partial charge in [0.1, 0.15) is 5.75 Å². The van der Waals surface area contributed by atoms with Gasteiger partial charge in [-0.3, -0.25) is 4.90 Å². The molecule has 2 fully saturated rings. The van der Waals surface area contributed by atoms with E-state index in [0.717, 1.165) is 5.56 Å². The highest BCUT2D eigenvalue weighted by atomic mass is 35.5. The van der Waals surface area contributed by atoms with Gasteiger partial charge in [0, 0.05) is 62.6 Å². The largest absolute Gasteiger partial charge is 0.478 e. The summed E-state index contributed by atoms with van der Waals surface area (Å²) in [6, 6.07) is 5.21. The SMILES string of the molecule is CCCC(F)OC(=O)N1CCN(Cc2ccc(Cl)cc2OC2(C(=O)O)CC2)CC1. The molecule has 1 aliphatic carbocycles. The van der Waals surface area contributed by atoms with Crippen molar-refractivity contribution in [2.24, 2.45) is 0 Å². The molecular weight excluding hydrogens is 403 g/mol. The number of aliphatic carboxylic acids is 1. The van der Waals surface area contributed by atoms with Crippen molar-refractivity contribution in [3.63, 3.8) is 0 Å². The average molecular weight is 429 g/mol. The van der Waals surface area contributed by atoms with E-state index in [1.807, 2.05) is 13.0 Å². The van der Waals surface area contributed by atoms with Crippen molar-refractivity contribution in [2.75, 3.05) is 26.2 Å². The van der Waals surface area contributed by atoms with Crippen LogP contribution in [0.25, 0.3) is 0 Å². The van der Waals surface area contributed by atoms with Gasteiger partial charge in [0.2, 0.25) is 12.0 Å². The first-order valence-corrected chi connectivity index (χ1v) is 10.2. The third-order valence-corrected chi connectivity index (χ3v) is 5.43. The average Bonchev–Trinajstić information content (AvgIpc) is 3.45. The van der Waals surface area contributed by atoms with Crippen LogP contribution in [0.1, 0.15) is 38.2 Å². The zero-order valence-electron chi connectivity index (χ0n) is 16.4. The zero-order chi connectivity index (χ0) is 21.0. The molecule has 1 atom stereocenters. The van der Waals surface area contributed by atoms with Gasteiger partial charge in [-0.2, -0.15) is 0 Å². The molecule has 1 aliphatic heterocycles. The van der Waals surface area contributed by atoms with Gasteiger partial charge < -0.3 is 19.5 Å². The predicted octanol–water partition coefficient (Wildman–Crippen LogP) is 3.69. The van der Waals surface area contributed by atoms with Crippen LogP contribution in [0.2, 0.25) is 5.02 Å². The van der Waals surface area contributed by atoms with Crippen LogP contribution in [-0.4, -0.2) is 65.1 Å². The number of hydrogen-bond donors (Lipinski definition) is 1. The third-order valence-electron chi connectivity index (χ3n) is 5.20. The number of rotatable bonds is 8. The molecule has 1 N–H and O–H groups in total. The number of hydrogen-bond acceptors (Lipinski definition) is 5. The number of carboxylic acid groups (broad SMARTS) is 1. The summed E-state index contributed by atoms with van der Waals surface area (Å²) in [5.74, 6) is -0.496. The molecule has 1 aromatic rings. The predicted molar refractivity (Wildman–Crippen MR) is 105 cm³/mol. The Morgan fingerprint density at radius 1 is 1.28 bits per heavy atom. The Morgan fingerprint density at radius 2 is 1.97 bits per heavy atom.